The molecule has 0 aliphatic heterocycles. The molecule has 7 heteroatoms. The first-order valence-electron chi connectivity index (χ1n) is 5.17. The Morgan fingerprint density at radius 2 is 2.35 bits per heavy atom. The third kappa shape index (κ3) is 5.69. The van der Waals surface area contributed by atoms with Crippen molar-refractivity contribution in [1.82, 2.24) is 10.3 Å². The van der Waals surface area contributed by atoms with E-state index in [1.165, 1.54) is 23.1 Å². The van der Waals surface area contributed by atoms with Gasteiger partial charge in [0.1, 0.15) is 4.34 Å². The van der Waals surface area contributed by atoms with Crippen LogP contribution in [-0.2, 0) is 16.0 Å². The third-order valence-corrected chi connectivity index (χ3v) is 3.86. The molecule has 0 saturated heterocycles. The first kappa shape index (κ1) is 14.0. The number of nitrogens with one attached hydrogen (secondary N) is 1. The van der Waals surface area contributed by atoms with Crippen molar-refractivity contribution in [2.75, 3.05) is 12.3 Å². The van der Waals surface area contributed by atoms with Gasteiger partial charge in [0, 0.05) is 24.1 Å². The fourth-order valence-electron chi connectivity index (χ4n) is 1.11. The van der Waals surface area contributed by atoms with E-state index in [-0.39, 0.29) is 12.3 Å². The summed E-state index contributed by atoms with van der Waals surface area (Å²) in [4.78, 5) is 25.8. The van der Waals surface area contributed by atoms with Crippen LogP contribution < -0.4 is 5.32 Å². The van der Waals surface area contributed by atoms with E-state index in [9.17, 15) is 9.59 Å². The number of hydrogen-bond donors (Lipinski definition) is 2. The molecule has 0 aliphatic carbocycles. The minimum absolute atomic E-state index is 0.0299. The zero-order chi connectivity index (χ0) is 12.7. The number of thiazole rings is 1. The molecular weight excluding hydrogens is 260 g/mol. The molecule has 0 aromatic carbocycles. The molecule has 0 saturated carbocycles. The predicted octanol–water partition coefficient (Wildman–Crippen LogP) is 1.39. The van der Waals surface area contributed by atoms with Crippen LogP contribution in [0, 0.1) is 0 Å². The first-order valence-corrected chi connectivity index (χ1v) is 7.04. The van der Waals surface area contributed by atoms with E-state index >= 15 is 0 Å². The number of aromatic nitrogens is 1. The minimum atomic E-state index is -0.880. The normalized spacial score (nSPS) is 10.2. The van der Waals surface area contributed by atoms with Crippen molar-refractivity contribution in [2.45, 2.75) is 24.1 Å². The van der Waals surface area contributed by atoms with Gasteiger partial charge in [-0.1, -0.05) is 11.8 Å². The highest BCUT2D eigenvalue weighted by Gasteiger charge is 2.07. The van der Waals surface area contributed by atoms with Gasteiger partial charge < -0.3 is 10.4 Å². The first-order chi connectivity index (χ1) is 8.11. The zero-order valence-corrected chi connectivity index (χ0v) is 11.1. The lowest BCUT2D eigenvalue weighted by atomic mass is 10.3. The lowest BCUT2D eigenvalue weighted by Gasteiger charge is -1.99. The highest BCUT2D eigenvalue weighted by atomic mass is 32.2. The van der Waals surface area contributed by atoms with Crippen molar-refractivity contribution >= 4 is 35.0 Å². The Morgan fingerprint density at radius 3 is 3.00 bits per heavy atom. The van der Waals surface area contributed by atoms with Gasteiger partial charge >= 0.3 is 5.97 Å². The maximum absolute atomic E-state index is 11.2. The number of carboxylic acids is 1. The summed E-state index contributed by atoms with van der Waals surface area (Å²) in [5, 5.41) is 13.0. The lowest BCUT2D eigenvalue weighted by Crippen LogP contribution is -2.22. The molecule has 0 spiro atoms. The van der Waals surface area contributed by atoms with Gasteiger partial charge in [-0.2, -0.15) is 0 Å². The molecule has 0 radical (unpaired) electrons. The van der Waals surface area contributed by atoms with Gasteiger partial charge in [0.15, 0.2) is 0 Å². The standard InChI is InChI=1S/C10H14N2O3S2/c1-2-11-8(13)3-4-16-10-12-7(6-17-10)5-9(14)15/h6H,2-5H2,1H3,(H,11,13)(H,14,15). The molecule has 5 nitrogen and oxygen atoms in total. The zero-order valence-electron chi connectivity index (χ0n) is 9.43. The topological polar surface area (TPSA) is 79.3 Å². The van der Waals surface area contributed by atoms with Crippen LogP contribution in [-0.4, -0.2) is 34.3 Å². The molecule has 0 unspecified atom stereocenters. The minimum Gasteiger partial charge on any atom is -0.481 e. The maximum atomic E-state index is 11.2. The summed E-state index contributed by atoms with van der Waals surface area (Å²) in [6.07, 6.45) is 0.403. The number of hydrogen-bond acceptors (Lipinski definition) is 5. The number of carboxylic acid groups (broad SMARTS) is 1. The van der Waals surface area contributed by atoms with Crippen molar-refractivity contribution in [3.05, 3.63) is 11.1 Å². The molecule has 94 valence electrons. The predicted molar refractivity (Wildman–Crippen MR) is 67.5 cm³/mol. The Hall–Kier alpha value is -1.08. The second-order valence-electron chi connectivity index (χ2n) is 3.23. The van der Waals surface area contributed by atoms with Crippen LogP contribution in [0.15, 0.2) is 9.72 Å². The summed E-state index contributed by atoms with van der Waals surface area (Å²) in [5.41, 5.74) is 0.572. The van der Waals surface area contributed by atoms with Gasteiger partial charge in [-0.05, 0) is 6.92 Å². The largest absolute Gasteiger partial charge is 0.481 e. The molecular formula is C10H14N2O3S2. The van der Waals surface area contributed by atoms with Crippen LogP contribution in [0.1, 0.15) is 19.0 Å². The molecule has 1 aromatic heterocycles. The summed E-state index contributed by atoms with van der Waals surface area (Å²) < 4.78 is 0.811. The second-order valence-corrected chi connectivity index (χ2v) is 5.43. The van der Waals surface area contributed by atoms with E-state index in [1.54, 1.807) is 5.38 Å². The number of rotatable bonds is 7. The molecule has 0 atom stereocenters. The number of carbonyl (C=O) groups excluding carboxylic acids is 1. The summed E-state index contributed by atoms with van der Waals surface area (Å²) in [6.45, 7) is 2.52. The van der Waals surface area contributed by atoms with Crippen LogP contribution in [0.4, 0.5) is 0 Å². The smallest absolute Gasteiger partial charge is 0.309 e. The molecule has 1 rings (SSSR count). The molecule has 0 aliphatic rings. The maximum Gasteiger partial charge on any atom is 0.309 e. The highest BCUT2D eigenvalue weighted by Crippen LogP contribution is 2.23. The van der Waals surface area contributed by atoms with E-state index in [2.05, 4.69) is 10.3 Å². The summed E-state index contributed by atoms with van der Waals surface area (Å²) in [5.74, 6) is -0.192. The van der Waals surface area contributed by atoms with Crippen molar-refractivity contribution < 1.29 is 14.7 Å². The molecule has 2 N–H and O–H groups in total. The van der Waals surface area contributed by atoms with Gasteiger partial charge in [0.2, 0.25) is 5.91 Å². The van der Waals surface area contributed by atoms with Crippen molar-refractivity contribution in [2.24, 2.45) is 0 Å². The fourth-order valence-corrected chi connectivity index (χ4v) is 2.96. The number of nitrogens with zero attached hydrogens (tertiary/aromatic N) is 1. The Balaban J connectivity index is 2.30. The van der Waals surface area contributed by atoms with Crippen LogP contribution in [0.5, 0.6) is 0 Å². The Kier molecular flexibility index (Phi) is 5.99. The van der Waals surface area contributed by atoms with Gasteiger partial charge in [-0.25, -0.2) is 4.98 Å². The van der Waals surface area contributed by atoms with E-state index in [0.717, 1.165) is 4.34 Å². The fraction of sp³-hybridized carbons (Fsp3) is 0.500. The molecule has 17 heavy (non-hydrogen) atoms. The average molecular weight is 274 g/mol. The number of thioether (sulfide) groups is 1. The van der Waals surface area contributed by atoms with Crippen molar-refractivity contribution in [1.29, 1.82) is 0 Å². The Labute approximate surface area is 108 Å². The summed E-state index contributed by atoms with van der Waals surface area (Å²) in [6, 6.07) is 0. The van der Waals surface area contributed by atoms with Gasteiger partial charge in [-0.15, -0.1) is 11.3 Å². The third-order valence-electron chi connectivity index (χ3n) is 1.79. The summed E-state index contributed by atoms with van der Waals surface area (Å²) in [7, 11) is 0. The Bertz CT molecular complexity index is 393. The van der Waals surface area contributed by atoms with Crippen LogP contribution in [0.25, 0.3) is 0 Å². The van der Waals surface area contributed by atoms with Crippen molar-refractivity contribution in [3.63, 3.8) is 0 Å². The van der Waals surface area contributed by atoms with E-state index in [1.807, 2.05) is 6.92 Å². The molecule has 1 amide bonds. The van der Waals surface area contributed by atoms with Gasteiger partial charge in [0.05, 0.1) is 12.1 Å². The molecule has 1 heterocycles. The number of amides is 1. The summed E-state index contributed by atoms with van der Waals surface area (Å²) >= 11 is 2.89. The van der Waals surface area contributed by atoms with Crippen molar-refractivity contribution in [3.8, 4) is 0 Å². The van der Waals surface area contributed by atoms with Crippen LogP contribution in [0.2, 0.25) is 0 Å². The monoisotopic (exact) mass is 274 g/mol. The Morgan fingerprint density at radius 1 is 1.59 bits per heavy atom. The van der Waals surface area contributed by atoms with Gasteiger partial charge in [-0.3, -0.25) is 9.59 Å². The van der Waals surface area contributed by atoms with Crippen LogP contribution >= 0.6 is 23.1 Å². The lowest BCUT2D eigenvalue weighted by molar-refractivity contribution is -0.136. The van der Waals surface area contributed by atoms with E-state index < -0.39 is 5.97 Å². The van der Waals surface area contributed by atoms with Gasteiger partial charge in [0.25, 0.3) is 0 Å². The second kappa shape index (κ2) is 7.29. The van der Waals surface area contributed by atoms with E-state index in [4.69, 9.17) is 5.11 Å². The van der Waals surface area contributed by atoms with E-state index in [0.29, 0.717) is 24.4 Å². The number of carbonyl (C=O) groups is 2. The molecule has 1 aromatic rings. The average Bonchev–Trinajstić information content (AvgIpc) is 2.65. The highest BCUT2D eigenvalue weighted by molar-refractivity contribution is 8.01. The van der Waals surface area contributed by atoms with Crippen LogP contribution in [0.3, 0.4) is 0 Å². The number of aliphatic carboxylic acids is 1. The molecule has 0 bridgehead atoms. The SMILES string of the molecule is CCNC(=O)CCSc1nc(CC(=O)O)cs1. The molecule has 0 fully saturated rings. The quantitative estimate of drug-likeness (QED) is 0.734.